The first-order valence-electron chi connectivity index (χ1n) is 14.6. The highest BCUT2D eigenvalue weighted by atomic mass is 32.3. The number of nitrogens with zero attached hydrogens (tertiary/aromatic N) is 4. The fourth-order valence-electron chi connectivity index (χ4n) is 4.33. The van der Waals surface area contributed by atoms with Crippen LogP contribution in [0.4, 0.5) is 28.4 Å². The third-order valence-corrected chi connectivity index (χ3v) is 11.6. The minimum absolute atomic E-state index is 0. The minimum atomic E-state index is -5.10. The Morgan fingerprint density at radius 3 is 2.14 bits per heavy atom. The molecule has 0 saturated heterocycles. The number of carbonyl (C=O) groups is 1. The Kier molecular flexibility index (Phi) is 17.5. The van der Waals surface area contributed by atoms with Crippen LogP contribution in [0.15, 0.2) is 94.6 Å². The molecule has 0 spiro atoms. The van der Waals surface area contributed by atoms with E-state index in [0.29, 0.717) is 41.0 Å². The zero-order valence-corrected chi connectivity index (χ0v) is 33.5. The Hall–Kier alpha value is -4.29. The molecule has 58 heavy (non-hydrogen) atoms. The molecule has 31 heteroatoms. The topological polar surface area (TPSA) is 392 Å². The van der Waals surface area contributed by atoms with Gasteiger partial charge < -0.3 is 25.2 Å². The number of rotatable bonds is 20. The molecule has 4 aromatic carbocycles. The number of fused-ring (bicyclic) bond motifs is 1. The van der Waals surface area contributed by atoms with Gasteiger partial charge in [-0.15, -0.1) is 24.0 Å². The lowest BCUT2D eigenvalue weighted by Crippen LogP contribution is -2.15. The van der Waals surface area contributed by atoms with E-state index in [0.717, 1.165) is 30.3 Å². The van der Waals surface area contributed by atoms with Crippen LogP contribution in [0.5, 0.6) is 11.5 Å². The summed E-state index contributed by atoms with van der Waals surface area (Å²) in [6.07, 6.45) is 0. The molecule has 0 amide bonds. The lowest BCUT2D eigenvalue weighted by molar-refractivity contribution is -0.432. The molecule has 0 radical (unpaired) electrons. The van der Waals surface area contributed by atoms with Crippen LogP contribution in [-0.2, 0) is 62.3 Å². The fraction of sp³-hybridized carbons (Fsp3) is 0.148. The summed E-state index contributed by atoms with van der Waals surface area (Å²) in [5, 5.41) is 50.9. The van der Waals surface area contributed by atoms with E-state index in [4.69, 9.17) is 29.7 Å². The molecule has 25 nitrogen and oxygen atoms in total. The lowest BCUT2D eigenvalue weighted by atomic mass is 10.1. The number of phenolic OH excluding ortho intramolecular Hbond substituents is 1. The van der Waals surface area contributed by atoms with Crippen molar-refractivity contribution in [2.75, 3.05) is 31.0 Å². The number of ether oxygens (including phenoxy) is 1. The minimum Gasteiger partial charge on any atom is -0.505 e. The Balaban J connectivity index is 0.00000900. The van der Waals surface area contributed by atoms with Gasteiger partial charge in [0.05, 0.1) is 75.0 Å². The summed E-state index contributed by atoms with van der Waals surface area (Å²) in [4.78, 5) is 10.9. The van der Waals surface area contributed by atoms with Crippen molar-refractivity contribution >= 4 is 112 Å². The number of sulfone groups is 1. The van der Waals surface area contributed by atoms with Crippen molar-refractivity contribution in [3.8, 4) is 11.5 Å². The molecule has 0 unspecified atom stereocenters. The van der Waals surface area contributed by atoms with E-state index < -0.39 is 70.7 Å². The van der Waals surface area contributed by atoms with Gasteiger partial charge in [0.1, 0.15) is 33.5 Å². The first-order chi connectivity index (χ1) is 26.9. The number of carbonyl (C=O) groups excluding carboxylic acids is 1. The van der Waals surface area contributed by atoms with Gasteiger partial charge in [-0.05, 0) is 60.0 Å². The zero-order valence-electron chi connectivity index (χ0n) is 28.6. The average molecular weight is 934 g/mol. The molecule has 0 bridgehead atoms. The largest absolute Gasteiger partial charge is 0.505 e. The molecular formula is C27H27N5O20S6. The smallest absolute Gasteiger partial charge is 0.397 e. The van der Waals surface area contributed by atoms with Crippen molar-refractivity contribution in [1.82, 2.24) is 0 Å². The number of phenols is 1. The van der Waals surface area contributed by atoms with Crippen LogP contribution in [0.25, 0.3) is 10.8 Å². The van der Waals surface area contributed by atoms with Crippen LogP contribution >= 0.6 is 36.1 Å². The van der Waals surface area contributed by atoms with E-state index in [1.54, 1.807) is 0 Å². The molecule has 9 N–H and O–H groups in total. The van der Waals surface area contributed by atoms with Gasteiger partial charge in [-0.25, -0.2) is 23.1 Å². The molecule has 0 fully saturated rings. The maximum absolute atomic E-state index is 12.5. The Labute approximate surface area is 339 Å². The van der Waals surface area contributed by atoms with Crippen LogP contribution in [-0.4, -0.2) is 86.6 Å². The highest BCUT2D eigenvalue weighted by Gasteiger charge is 2.26. The van der Waals surface area contributed by atoms with Crippen molar-refractivity contribution < 1.29 is 92.1 Å². The molecule has 4 aromatic rings. The molecule has 0 heterocycles. The van der Waals surface area contributed by atoms with Gasteiger partial charge in [-0.2, -0.15) is 21.9 Å². The van der Waals surface area contributed by atoms with Gasteiger partial charge >= 0.3 is 16.4 Å². The molecule has 0 aliphatic rings. The summed E-state index contributed by atoms with van der Waals surface area (Å²) in [7, 11) is -12.8. The predicted molar refractivity (Wildman–Crippen MR) is 201 cm³/mol. The summed E-state index contributed by atoms with van der Waals surface area (Å²) >= 11 is 1.42. The summed E-state index contributed by atoms with van der Waals surface area (Å²) in [5.74, 6) is -2.52. The molecule has 316 valence electrons. The second-order valence-corrected chi connectivity index (χ2v) is 17.0. The van der Waals surface area contributed by atoms with Crippen molar-refractivity contribution in [3.05, 3.63) is 54.6 Å². The second-order valence-electron chi connectivity index (χ2n) is 10.2. The zero-order chi connectivity index (χ0) is 42.0. The Bertz CT molecular complexity index is 2510. The van der Waals surface area contributed by atoms with Crippen LogP contribution in [0.3, 0.4) is 0 Å². The van der Waals surface area contributed by atoms with Crippen LogP contribution in [0.1, 0.15) is 0 Å². The standard InChI is InChI=1S/C27H25N5O19S6.H2O/c1-45-19-12-16(53-47-22(33)13-52-50-48-35)4-7-18(19)30-31-25-20(54-51-49-36)10-14-11-21(56(39,40)41)26(24(28)23(14)27(25)34)32-29-15-2-5-17(6-3-15)55(37,38)9-8-46-57(42,43)44;/h2-7,10-12,34-36H,8-9,13,28H2,1H3,(H,39,40,41)(H,42,43,44);1H2. The summed E-state index contributed by atoms with van der Waals surface area (Å²) in [6, 6.07) is 10.8. The molecule has 0 aliphatic carbocycles. The van der Waals surface area contributed by atoms with Crippen molar-refractivity contribution in [1.29, 1.82) is 0 Å². The number of nitrogen functional groups attached to an aromatic ring is 1. The van der Waals surface area contributed by atoms with Gasteiger partial charge in [0.15, 0.2) is 15.6 Å². The maximum atomic E-state index is 12.5. The fourth-order valence-corrected chi connectivity index (χ4v) is 7.83. The van der Waals surface area contributed by atoms with Gasteiger partial charge in [-0.1, -0.05) is 10.1 Å². The SMILES string of the molecule is COc1cc(SOC(=O)CSOOO)ccc1N=Nc1c(SOOO)cc2cc(S(=O)(=O)O)c(N=Nc3ccc(S(=O)(=O)CCOS(=O)(=O)O)cc3)c(N)c2c1O.O. The predicted octanol–water partition coefficient (Wildman–Crippen LogP) is 5.03. The number of hydrogen-bond acceptors (Lipinski definition) is 25. The first-order valence-corrected chi connectivity index (χ1v) is 21.4. The van der Waals surface area contributed by atoms with Crippen LogP contribution < -0.4 is 10.5 Å². The molecule has 0 aromatic heterocycles. The van der Waals surface area contributed by atoms with Crippen molar-refractivity contribution in [2.24, 2.45) is 20.5 Å². The van der Waals surface area contributed by atoms with E-state index in [9.17, 15) is 39.7 Å². The molecule has 4 rings (SSSR count). The number of anilines is 1. The number of aromatic hydroxyl groups is 1. The van der Waals surface area contributed by atoms with Gasteiger partial charge in [0, 0.05) is 12.0 Å². The maximum Gasteiger partial charge on any atom is 0.397 e. The van der Waals surface area contributed by atoms with Gasteiger partial charge in [0.2, 0.25) is 0 Å². The first kappa shape index (κ1) is 48.1. The van der Waals surface area contributed by atoms with E-state index >= 15 is 0 Å². The summed E-state index contributed by atoms with van der Waals surface area (Å²) in [6.45, 7) is -0.872. The van der Waals surface area contributed by atoms with Gasteiger partial charge in [0.25, 0.3) is 10.1 Å². The Morgan fingerprint density at radius 1 is 0.845 bits per heavy atom. The van der Waals surface area contributed by atoms with Crippen LogP contribution in [0.2, 0.25) is 0 Å². The number of azo groups is 2. The van der Waals surface area contributed by atoms with E-state index in [1.165, 1.54) is 31.4 Å². The molecule has 0 atom stereocenters. The normalized spacial score (nSPS) is 12.3. The Morgan fingerprint density at radius 2 is 1.52 bits per heavy atom. The number of methoxy groups -OCH3 is 1. The lowest BCUT2D eigenvalue weighted by Gasteiger charge is -2.14. The van der Waals surface area contributed by atoms with E-state index in [1.807, 2.05) is 0 Å². The summed E-state index contributed by atoms with van der Waals surface area (Å²) in [5.41, 5.74) is 4.73. The van der Waals surface area contributed by atoms with Crippen LogP contribution in [0, 0.1) is 0 Å². The van der Waals surface area contributed by atoms with Crippen molar-refractivity contribution in [3.63, 3.8) is 0 Å². The van der Waals surface area contributed by atoms with Crippen molar-refractivity contribution in [2.45, 2.75) is 19.6 Å². The monoisotopic (exact) mass is 933 g/mol. The van der Waals surface area contributed by atoms with E-state index in [-0.39, 0.29) is 54.6 Å². The highest BCUT2D eigenvalue weighted by molar-refractivity contribution is 7.96. The number of benzene rings is 4. The molecular weight excluding hydrogens is 907 g/mol. The van der Waals surface area contributed by atoms with E-state index in [2.05, 4.69) is 43.4 Å². The summed E-state index contributed by atoms with van der Waals surface area (Å²) < 4.78 is 113. The quantitative estimate of drug-likeness (QED) is 0.0129. The number of nitrogens with two attached hydrogens (primary N) is 1. The van der Waals surface area contributed by atoms with Gasteiger partial charge in [-0.3, -0.25) is 13.9 Å². The average Bonchev–Trinajstić information content (AvgIpc) is 3.14. The third kappa shape index (κ3) is 13.1. The number of hydrogen-bond donors (Lipinski definition) is 6. The highest BCUT2D eigenvalue weighted by Crippen LogP contribution is 2.50. The second kappa shape index (κ2) is 21.1. The molecule has 0 aliphatic heterocycles. The third-order valence-electron chi connectivity index (χ3n) is 6.69. The molecule has 0 saturated carbocycles.